The highest BCUT2D eigenvalue weighted by Crippen LogP contribution is 2.47. The predicted molar refractivity (Wildman–Crippen MR) is 233 cm³/mol. The van der Waals surface area contributed by atoms with Crippen molar-refractivity contribution < 1.29 is 0 Å². The van der Waals surface area contributed by atoms with Crippen LogP contribution in [0.25, 0.3) is 120 Å². The van der Waals surface area contributed by atoms with Gasteiger partial charge in [-0.05, 0) is 126 Å². The molecular weight excluding hydrogens is 649 g/mol. The van der Waals surface area contributed by atoms with Gasteiger partial charge in [-0.25, -0.2) is 0 Å². The van der Waals surface area contributed by atoms with E-state index in [2.05, 4.69) is 194 Å². The minimum Gasteiger partial charge on any atom is -0.0616 e. The Morgan fingerprint density at radius 1 is 0.185 bits per heavy atom. The predicted octanol–water partition coefficient (Wildman–Crippen LogP) is 15.3. The van der Waals surface area contributed by atoms with E-state index in [0.717, 1.165) is 0 Å². The van der Waals surface area contributed by atoms with Gasteiger partial charge in [0.15, 0.2) is 0 Å². The summed E-state index contributed by atoms with van der Waals surface area (Å²) in [5.74, 6) is 0. The fourth-order valence-corrected chi connectivity index (χ4v) is 9.54. The Labute approximate surface area is 312 Å². The van der Waals surface area contributed by atoms with Gasteiger partial charge in [0.2, 0.25) is 0 Å². The van der Waals surface area contributed by atoms with E-state index < -0.39 is 0 Å². The molecule has 0 amide bonds. The summed E-state index contributed by atoms with van der Waals surface area (Å²) in [5.41, 5.74) is 9.94. The Bertz CT molecular complexity index is 3400. The van der Waals surface area contributed by atoms with E-state index in [9.17, 15) is 0 Å². The third kappa shape index (κ3) is 4.20. The first-order valence-electron chi connectivity index (χ1n) is 18.8. The second kappa shape index (κ2) is 11.2. The highest BCUT2D eigenvalue weighted by atomic mass is 14.2. The molecule has 54 heavy (non-hydrogen) atoms. The van der Waals surface area contributed by atoms with E-state index in [1.165, 1.54) is 120 Å². The van der Waals surface area contributed by atoms with Crippen LogP contribution in [0.4, 0.5) is 0 Å². The molecule has 0 aliphatic carbocycles. The van der Waals surface area contributed by atoms with Gasteiger partial charge in [0.25, 0.3) is 0 Å². The van der Waals surface area contributed by atoms with Gasteiger partial charge in [0.1, 0.15) is 0 Å². The van der Waals surface area contributed by atoms with Crippen LogP contribution >= 0.6 is 0 Å². The van der Waals surface area contributed by atoms with Crippen molar-refractivity contribution in [1.82, 2.24) is 0 Å². The zero-order valence-corrected chi connectivity index (χ0v) is 29.5. The largest absolute Gasteiger partial charge is 0.0616 e. The van der Waals surface area contributed by atoms with E-state index in [4.69, 9.17) is 0 Å². The highest BCUT2D eigenvalue weighted by molar-refractivity contribution is 6.27. The molecule has 0 atom stereocenters. The van der Waals surface area contributed by atoms with Crippen molar-refractivity contribution in [2.24, 2.45) is 0 Å². The Hall–Kier alpha value is -7.02. The first kappa shape index (κ1) is 29.5. The van der Waals surface area contributed by atoms with Crippen molar-refractivity contribution in [2.75, 3.05) is 0 Å². The lowest BCUT2D eigenvalue weighted by Gasteiger charge is -2.20. The first-order valence-corrected chi connectivity index (χ1v) is 18.8. The molecule has 0 aliphatic rings. The van der Waals surface area contributed by atoms with Crippen LogP contribution in [0.3, 0.4) is 0 Å². The van der Waals surface area contributed by atoms with E-state index in [-0.39, 0.29) is 0 Å². The molecule has 12 rings (SSSR count). The fourth-order valence-electron chi connectivity index (χ4n) is 9.54. The average molecular weight is 681 g/mol. The summed E-state index contributed by atoms with van der Waals surface area (Å²) < 4.78 is 0. The smallest absolute Gasteiger partial charge is 0.00206 e. The van der Waals surface area contributed by atoms with Gasteiger partial charge < -0.3 is 0 Å². The molecule has 0 radical (unpaired) electrons. The molecule has 0 bridgehead atoms. The van der Waals surface area contributed by atoms with E-state index >= 15 is 0 Å². The minimum atomic E-state index is 1.21. The number of fused-ring (bicyclic) bond motifs is 1. The topological polar surface area (TPSA) is 0 Å². The molecule has 0 saturated carbocycles. The van der Waals surface area contributed by atoms with Crippen LogP contribution in [-0.4, -0.2) is 0 Å². The van der Waals surface area contributed by atoms with E-state index in [1.807, 2.05) is 0 Å². The van der Waals surface area contributed by atoms with Crippen LogP contribution in [0.1, 0.15) is 0 Å². The number of benzene rings is 12. The number of hydrogen-bond donors (Lipinski definition) is 0. The molecule has 0 nitrogen and oxygen atoms in total. The van der Waals surface area contributed by atoms with Gasteiger partial charge >= 0.3 is 0 Å². The maximum absolute atomic E-state index is 2.46. The fraction of sp³-hybridized carbons (Fsp3) is 0. The Morgan fingerprint density at radius 2 is 0.574 bits per heavy atom. The molecule has 0 spiro atoms. The molecule has 0 unspecified atom stereocenters. The third-order valence-corrected chi connectivity index (χ3v) is 12.0. The summed E-state index contributed by atoms with van der Waals surface area (Å²) in [6.07, 6.45) is 0. The molecule has 12 aromatic carbocycles. The molecule has 0 heterocycles. The van der Waals surface area contributed by atoms with E-state index in [1.54, 1.807) is 0 Å². The van der Waals surface area contributed by atoms with Gasteiger partial charge in [-0.3, -0.25) is 0 Å². The van der Waals surface area contributed by atoms with Crippen LogP contribution in [0, 0.1) is 0 Å². The quantitative estimate of drug-likeness (QED) is 0.162. The maximum Gasteiger partial charge on any atom is -0.00206 e. The first-order chi connectivity index (χ1) is 26.8. The van der Waals surface area contributed by atoms with Gasteiger partial charge in [0.05, 0.1) is 0 Å². The van der Waals surface area contributed by atoms with Crippen LogP contribution in [0.15, 0.2) is 194 Å². The average Bonchev–Trinajstić information content (AvgIpc) is 3.24. The zero-order chi connectivity index (χ0) is 35.3. The van der Waals surface area contributed by atoms with E-state index in [0.29, 0.717) is 0 Å². The third-order valence-electron chi connectivity index (χ3n) is 12.0. The van der Waals surface area contributed by atoms with Crippen molar-refractivity contribution in [3.63, 3.8) is 0 Å². The van der Waals surface area contributed by atoms with Crippen LogP contribution < -0.4 is 0 Å². The zero-order valence-electron chi connectivity index (χ0n) is 29.5. The lowest BCUT2D eigenvalue weighted by Crippen LogP contribution is -1.93. The highest BCUT2D eigenvalue weighted by Gasteiger charge is 2.19. The molecule has 0 N–H and O–H groups in total. The maximum atomic E-state index is 2.46. The van der Waals surface area contributed by atoms with Crippen LogP contribution in [-0.2, 0) is 0 Å². The Morgan fingerprint density at radius 3 is 1.22 bits per heavy atom. The van der Waals surface area contributed by atoms with Crippen molar-refractivity contribution in [3.8, 4) is 44.5 Å². The molecule has 0 aliphatic heterocycles. The summed E-state index contributed by atoms with van der Waals surface area (Å²) in [4.78, 5) is 0. The second-order valence-corrected chi connectivity index (χ2v) is 14.8. The number of rotatable bonds is 4. The standard InChI is InChI=1S/C54H32/c1-2-14-41-33(8-1)9-7-17-44(41)46-29-26-40(32-50(46)47-28-23-39-21-19-35-11-6-13-37-25-31-49(47)54(39)52(35)37)42-15-3-4-16-43(42)45-27-22-38-20-18-34-10-5-12-36-24-30-48(45)53(38)51(34)36/h1-32H. The minimum absolute atomic E-state index is 1.21. The van der Waals surface area contributed by atoms with Crippen molar-refractivity contribution >= 4 is 75.4 Å². The summed E-state index contributed by atoms with van der Waals surface area (Å²) in [5, 5.41) is 18.2. The molecule has 0 saturated heterocycles. The van der Waals surface area contributed by atoms with Crippen LogP contribution in [0.5, 0.6) is 0 Å². The Balaban J connectivity index is 1.14. The second-order valence-electron chi connectivity index (χ2n) is 14.8. The molecule has 12 aromatic rings. The number of hydrogen-bond acceptors (Lipinski definition) is 0. The summed E-state index contributed by atoms with van der Waals surface area (Å²) >= 11 is 0. The molecular formula is C54H32. The molecule has 0 aromatic heterocycles. The Kier molecular flexibility index (Phi) is 6.15. The lowest BCUT2D eigenvalue weighted by atomic mass is 9.83. The molecule has 248 valence electrons. The SMILES string of the molecule is c1ccc(-c2ccc3ccc4cccc5ccc2c3c45)c(-c2ccc(-c3cccc4ccccc34)c(-c3ccc4ccc5cccc6ccc3c4c56)c2)c1. The van der Waals surface area contributed by atoms with Gasteiger partial charge in [0, 0.05) is 0 Å². The van der Waals surface area contributed by atoms with Gasteiger partial charge in [-0.2, -0.15) is 0 Å². The van der Waals surface area contributed by atoms with Gasteiger partial charge in [-0.15, -0.1) is 0 Å². The lowest BCUT2D eigenvalue weighted by molar-refractivity contribution is 1.58. The monoisotopic (exact) mass is 680 g/mol. The van der Waals surface area contributed by atoms with Crippen molar-refractivity contribution in [3.05, 3.63) is 194 Å². The van der Waals surface area contributed by atoms with Crippen LogP contribution in [0.2, 0.25) is 0 Å². The molecule has 0 fully saturated rings. The van der Waals surface area contributed by atoms with Crippen molar-refractivity contribution in [1.29, 1.82) is 0 Å². The normalized spacial score (nSPS) is 12.1. The summed E-state index contributed by atoms with van der Waals surface area (Å²) in [6.45, 7) is 0. The summed E-state index contributed by atoms with van der Waals surface area (Å²) in [7, 11) is 0. The summed E-state index contributed by atoms with van der Waals surface area (Å²) in [6, 6.07) is 72.5. The van der Waals surface area contributed by atoms with Crippen molar-refractivity contribution in [2.45, 2.75) is 0 Å². The molecule has 0 heteroatoms. The van der Waals surface area contributed by atoms with Gasteiger partial charge in [-0.1, -0.05) is 188 Å².